The average Bonchev–Trinajstić information content (AvgIpc) is 2.53. The Hall–Kier alpha value is -2.51. The molecule has 0 spiro atoms. The first-order chi connectivity index (χ1) is 10.1. The molecule has 0 aliphatic heterocycles. The van der Waals surface area contributed by atoms with Crippen molar-refractivity contribution in [3.05, 3.63) is 64.2 Å². The first-order valence-electron chi connectivity index (χ1n) is 6.25. The summed E-state index contributed by atoms with van der Waals surface area (Å²) in [6, 6.07) is 14.2. The lowest BCUT2D eigenvalue weighted by atomic mass is 10.1. The largest absolute Gasteiger partial charge is 0.465 e. The second kappa shape index (κ2) is 6.78. The van der Waals surface area contributed by atoms with Crippen LogP contribution in [-0.2, 0) is 11.3 Å². The van der Waals surface area contributed by atoms with Gasteiger partial charge in [-0.3, -0.25) is 0 Å². The predicted molar refractivity (Wildman–Crippen MR) is 81.3 cm³/mol. The molecule has 0 amide bonds. The van der Waals surface area contributed by atoms with E-state index in [1.165, 1.54) is 7.11 Å². The van der Waals surface area contributed by atoms with Crippen molar-refractivity contribution in [1.82, 2.24) is 0 Å². The third-order valence-corrected chi connectivity index (χ3v) is 3.28. The van der Waals surface area contributed by atoms with E-state index in [-0.39, 0.29) is 0 Å². The van der Waals surface area contributed by atoms with Gasteiger partial charge in [0.25, 0.3) is 0 Å². The van der Waals surface area contributed by atoms with Crippen LogP contribution in [-0.4, -0.2) is 13.1 Å². The summed E-state index contributed by atoms with van der Waals surface area (Å²) in [4.78, 5) is 11.5. The van der Waals surface area contributed by atoms with Crippen LogP contribution < -0.4 is 5.32 Å². The molecule has 21 heavy (non-hydrogen) atoms. The van der Waals surface area contributed by atoms with Crippen molar-refractivity contribution in [2.75, 3.05) is 12.4 Å². The third kappa shape index (κ3) is 3.74. The van der Waals surface area contributed by atoms with Crippen molar-refractivity contribution in [3.63, 3.8) is 0 Å². The van der Waals surface area contributed by atoms with Crippen molar-refractivity contribution >= 4 is 23.3 Å². The Bertz CT molecular complexity index is 690. The van der Waals surface area contributed by atoms with E-state index < -0.39 is 5.97 Å². The number of benzene rings is 2. The summed E-state index contributed by atoms with van der Waals surface area (Å²) in [5.41, 5.74) is 2.71. The van der Waals surface area contributed by atoms with E-state index in [0.29, 0.717) is 28.4 Å². The smallest absolute Gasteiger partial charge is 0.337 e. The molecule has 1 N–H and O–H groups in total. The molecule has 0 fully saturated rings. The molecule has 0 bridgehead atoms. The lowest BCUT2D eigenvalue weighted by molar-refractivity contribution is 0.0601. The Kier molecular flexibility index (Phi) is 4.81. The summed E-state index contributed by atoms with van der Waals surface area (Å²) in [5, 5.41) is 12.4. The fourth-order valence-corrected chi connectivity index (χ4v) is 1.98. The Balaban J connectivity index is 2.11. The number of hydrogen-bond acceptors (Lipinski definition) is 4. The van der Waals surface area contributed by atoms with Gasteiger partial charge in [0.15, 0.2) is 0 Å². The molecule has 0 aliphatic carbocycles. The minimum atomic E-state index is -0.409. The van der Waals surface area contributed by atoms with E-state index in [9.17, 15) is 4.79 Å². The Morgan fingerprint density at radius 2 is 2.00 bits per heavy atom. The highest BCUT2D eigenvalue weighted by Crippen LogP contribution is 2.24. The molecule has 0 heterocycles. The summed E-state index contributed by atoms with van der Waals surface area (Å²) >= 11 is 6.10. The number of esters is 1. The van der Waals surface area contributed by atoms with Crippen LogP contribution in [0.1, 0.15) is 21.5 Å². The van der Waals surface area contributed by atoms with Gasteiger partial charge in [-0.2, -0.15) is 5.26 Å². The molecule has 0 saturated heterocycles. The fraction of sp³-hybridized carbons (Fsp3) is 0.125. The topological polar surface area (TPSA) is 62.1 Å². The number of rotatable bonds is 4. The van der Waals surface area contributed by atoms with E-state index in [2.05, 4.69) is 16.1 Å². The average molecular weight is 301 g/mol. The third-order valence-electron chi connectivity index (χ3n) is 2.95. The van der Waals surface area contributed by atoms with Crippen LogP contribution in [0.3, 0.4) is 0 Å². The maximum absolute atomic E-state index is 11.5. The number of halogens is 1. The lowest BCUT2D eigenvalue weighted by Gasteiger charge is -2.10. The molecule has 0 unspecified atom stereocenters. The van der Waals surface area contributed by atoms with E-state index in [1.807, 2.05) is 12.1 Å². The first kappa shape index (κ1) is 14.9. The molecule has 0 radical (unpaired) electrons. The fourth-order valence-electron chi connectivity index (χ4n) is 1.80. The van der Waals surface area contributed by atoms with Crippen LogP contribution in [0.4, 0.5) is 5.69 Å². The number of carbonyl (C=O) groups is 1. The molecule has 2 aromatic rings. The molecule has 5 heteroatoms. The maximum atomic E-state index is 11.5. The van der Waals surface area contributed by atoms with E-state index in [0.717, 1.165) is 5.56 Å². The number of nitriles is 1. The van der Waals surface area contributed by atoms with Crippen molar-refractivity contribution in [2.24, 2.45) is 0 Å². The zero-order valence-electron chi connectivity index (χ0n) is 11.4. The van der Waals surface area contributed by atoms with Crippen molar-refractivity contribution < 1.29 is 9.53 Å². The summed E-state index contributed by atoms with van der Waals surface area (Å²) in [6.07, 6.45) is 0. The predicted octanol–water partition coefficient (Wildman–Crippen LogP) is 3.61. The maximum Gasteiger partial charge on any atom is 0.337 e. The molecule has 4 nitrogen and oxygen atoms in total. The van der Waals surface area contributed by atoms with E-state index >= 15 is 0 Å². The van der Waals surface area contributed by atoms with Gasteiger partial charge in [0.05, 0.1) is 35.0 Å². The van der Waals surface area contributed by atoms with Gasteiger partial charge in [-0.15, -0.1) is 0 Å². The summed E-state index contributed by atoms with van der Waals surface area (Å²) < 4.78 is 4.68. The molecule has 2 aromatic carbocycles. The highest BCUT2D eigenvalue weighted by molar-refractivity contribution is 6.33. The van der Waals surface area contributed by atoms with Crippen LogP contribution in [0, 0.1) is 11.3 Å². The van der Waals surface area contributed by atoms with Gasteiger partial charge < -0.3 is 10.1 Å². The van der Waals surface area contributed by atoms with Gasteiger partial charge in [0, 0.05) is 6.54 Å². The Morgan fingerprint density at radius 1 is 1.29 bits per heavy atom. The van der Waals surface area contributed by atoms with Crippen molar-refractivity contribution in [1.29, 1.82) is 5.26 Å². The minimum Gasteiger partial charge on any atom is -0.465 e. The normalized spacial score (nSPS) is 9.76. The minimum absolute atomic E-state index is 0.409. The number of carbonyl (C=O) groups excluding carboxylic acids is 1. The van der Waals surface area contributed by atoms with Crippen LogP contribution in [0.15, 0.2) is 42.5 Å². The number of methoxy groups -OCH3 is 1. The molecule has 106 valence electrons. The van der Waals surface area contributed by atoms with Gasteiger partial charge in [-0.25, -0.2) is 4.79 Å². The van der Waals surface area contributed by atoms with Crippen LogP contribution in [0.2, 0.25) is 5.02 Å². The van der Waals surface area contributed by atoms with Crippen LogP contribution in [0.5, 0.6) is 0 Å². The Morgan fingerprint density at radius 3 is 2.62 bits per heavy atom. The van der Waals surface area contributed by atoms with Gasteiger partial charge in [-0.1, -0.05) is 23.7 Å². The number of ether oxygens (including phenoxy) is 1. The second-order valence-electron chi connectivity index (χ2n) is 4.35. The number of hydrogen-bond donors (Lipinski definition) is 1. The molecule has 0 aromatic heterocycles. The highest BCUT2D eigenvalue weighted by Gasteiger charge is 2.08. The summed E-state index contributed by atoms with van der Waals surface area (Å²) in [6.45, 7) is 0.538. The molecule has 0 atom stereocenters. The summed E-state index contributed by atoms with van der Waals surface area (Å²) in [7, 11) is 1.33. The quantitative estimate of drug-likeness (QED) is 0.876. The summed E-state index contributed by atoms with van der Waals surface area (Å²) in [5.74, 6) is -0.409. The van der Waals surface area contributed by atoms with Gasteiger partial charge >= 0.3 is 5.97 Å². The van der Waals surface area contributed by atoms with Crippen molar-refractivity contribution in [3.8, 4) is 6.07 Å². The van der Waals surface area contributed by atoms with Crippen LogP contribution in [0.25, 0.3) is 0 Å². The molecular formula is C16H13ClN2O2. The number of nitrogens with one attached hydrogen (secondary N) is 1. The number of nitrogens with zero attached hydrogens (tertiary/aromatic N) is 1. The standard InChI is InChI=1S/C16H13ClN2O2/c1-21-16(20)13-6-7-14(17)15(8-13)19-10-12-4-2-11(9-18)3-5-12/h2-8,19H,10H2,1H3. The lowest BCUT2D eigenvalue weighted by Crippen LogP contribution is -2.04. The molecule has 0 saturated carbocycles. The van der Waals surface area contributed by atoms with Gasteiger partial charge in [-0.05, 0) is 35.9 Å². The monoisotopic (exact) mass is 300 g/mol. The van der Waals surface area contributed by atoms with Crippen molar-refractivity contribution in [2.45, 2.75) is 6.54 Å². The zero-order chi connectivity index (χ0) is 15.2. The van der Waals surface area contributed by atoms with E-state index in [4.69, 9.17) is 16.9 Å². The highest BCUT2D eigenvalue weighted by atomic mass is 35.5. The first-order valence-corrected chi connectivity index (χ1v) is 6.62. The van der Waals surface area contributed by atoms with Gasteiger partial charge in [0.2, 0.25) is 0 Å². The van der Waals surface area contributed by atoms with Gasteiger partial charge in [0.1, 0.15) is 0 Å². The Labute approximate surface area is 127 Å². The molecule has 0 aliphatic rings. The van der Waals surface area contributed by atoms with Crippen LogP contribution >= 0.6 is 11.6 Å². The molecule has 2 rings (SSSR count). The van der Waals surface area contributed by atoms with E-state index in [1.54, 1.807) is 30.3 Å². The second-order valence-corrected chi connectivity index (χ2v) is 4.76. The number of anilines is 1. The zero-order valence-corrected chi connectivity index (χ0v) is 12.1. The molecular weight excluding hydrogens is 288 g/mol. The SMILES string of the molecule is COC(=O)c1ccc(Cl)c(NCc2ccc(C#N)cc2)c1.